The second kappa shape index (κ2) is 7.71. The van der Waals surface area contributed by atoms with Crippen LogP contribution in [-0.2, 0) is 21.2 Å². The number of benzene rings is 1. The topological polar surface area (TPSA) is 69.7 Å². The van der Waals surface area contributed by atoms with Crippen molar-refractivity contribution in [2.75, 3.05) is 32.5 Å². The van der Waals surface area contributed by atoms with E-state index in [2.05, 4.69) is 5.32 Å². The van der Waals surface area contributed by atoms with Crippen molar-refractivity contribution in [1.82, 2.24) is 8.61 Å². The Kier molecular flexibility index (Phi) is 6.21. The molecule has 1 fully saturated rings. The van der Waals surface area contributed by atoms with Crippen LogP contribution in [0.1, 0.15) is 18.4 Å². The van der Waals surface area contributed by atoms with E-state index in [4.69, 9.17) is 11.6 Å². The van der Waals surface area contributed by atoms with Crippen molar-refractivity contribution in [2.24, 2.45) is 5.92 Å². The summed E-state index contributed by atoms with van der Waals surface area (Å²) in [6.45, 7) is 0.248. The molecule has 0 aliphatic carbocycles. The van der Waals surface area contributed by atoms with Gasteiger partial charge in [-0.25, -0.2) is 0 Å². The molecule has 11 heteroatoms. The second-order valence-electron chi connectivity index (χ2n) is 6.17. The van der Waals surface area contributed by atoms with Gasteiger partial charge in [0, 0.05) is 27.2 Å². The Labute approximate surface area is 155 Å². The van der Waals surface area contributed by atoms with Gasteiger partial charge in [0.05, 0.1) is 22.2 Å². The number of anilines is 1. The molecule has 26 heavy (non-hydrogen) atoms. The van der Waals surface area contributed by atoms with Crippen LogP contribution in [0.15, 0.2) is 18.2 Å². The first kappa shape index (κ1) is 20.9. The zero-order valence-electron chi connectivity index (χ0n) is 14.2. The predicted molar refractivity (Wildman–Crippen MR) is 92.0 cm³/mol. The lowest BCUT2D eigenvalue weighted by molar-refractivity contribution is -0.137. The summed E-state index contributed by atoms with van der Waals surface area (Å²) in [5.74, 6) is -1.24. The first-order chi connectivity index (χ1) is 11.9. The average molecular weight is 414 g/mol. The van der Waals surface area contributed by atoms with E-state index in [9.17, 15) is 26.4 Å². The Bertz CT molecular complexity index is 784. The van der Waals surface area contributed by atoms with Crippen LogP contribution >= 0.6 is 11.6 Å². The van der Waals surface area contributed by atoms with Crippen LogP contribution < -0.4 is 5.32 Å². The number of hydrogen-bond acceptors (Lipinski definition) is 3. The van der Waals surface area contributed by atoms with Gasteiger partial charge < -0.3 is 5.32 Å². The van der Waals surface area contributed by atoms with Gasteiger partial charge in [0.15, 0.2) is 0 Å². The lowest BCUT2D eigenvalue weighted by atomic mass is 9.98. The van der Waals surface area contributed by atoms with Crippen LogP contribution in [0.3, 0.4) is 0 Å². The normalized spacial score (nSPS) is 19.6. The third kappa shape index (κ3) is 4.67. The van der Waals surface area contributed by atoms with Gasteiger partial charge in [-0.1, -0.05) is 11.6 Å². The van der Waals surface area contributed by atoms with E-state index in [-0.39, 0.29) is 23.8 Å². The summed E-state index contributed by atoms with van der Waals surface area (Å²) < 4.78 is 65.1. The van der Waals surface area contributed by atoms with Crippen LogP contribution in [0.4, 0.5) is 18.9 Å². The molecule has 1 aromatic carbocycles. The minimum Gasteiger partial charge on any atom is -0.324 e. The van der Waals surface area contributed by atoms with Gasteiger partial charge in [-0.15, -0.1) is 0 Å². The molecule has 6 nitrogen and oxygen atoms in total. The lowest BCUT2D eigenvalue weighted by Crippen LogP contribution is -2.47. The van der Waals surface area contributed by atoms with E-state index in [1.54, 1.807) is 0 Å². The highest BCUT2D eigenvalue weighted by molar-refractivity contribution is 7.86. The van der Waals surface area contributed by atoms with Crippen molar-refractivity contribution in [1.29, 1.82) is 0 Å². The van der Waals surface area contributed by atoms with Crippen LogP contribution in [0.5, 0.6) is 0 Å². The number of halogens is 4. The molecule has 1 heterocycles. The minimum atomic E-state index is -4.56. The van der Waals surface area contributed by atoms with Gasteiger partial charge in [-0.05, 0) is 31.0 Å². The summed E-state index contributed by atoms with van der Waals surface area (Å²) in [4.78, 5) is 12.4. The molecule has 1 saturated heterocycles. The van der Waals surface area contributed by atoms with Gasteiger partial charge in [0.2, 0.25) is 5.91 Å². The molecule has 1 aliphatic heterocycles. The number of carbonyl (C=O) groups excluding carboxylic acids is 1. The number of hydrogen-bond donors (Lipinski definition) is 1. The third-order valence-electron chi connectivity index (χ3n) is 4.09. The van der Waals surface area contributed by atoms with Gasteiger partial charge in [-0.2, -0.15) is 30.2 Å². The highest BCUT2D eigenvalue weighted by atomic mass is 35.5. The molecular weight excluding hydrogens is 395 g/mol. The van der Waals surface area contributed by atoms with Crippen molar-refractivity contribution in [3.63, 3.8) is 0 Å². The van der Waals surface area contributed by atoms with E-state index in [0.717, 1.165) is 22.5 Å². The Hall–Kier alpha value is -1.36. The molecule has 0 spiro atoms. The molecule has 0 aromatic heterocycles. The van der Waals surface area contributed by atoms with E-state index < -0.39 is 33.8 Å². The highest BCUT2D eigenvalue weighted by Gasteiger charge is 2.34. The molecule has 1 amide bonds. The summed E-state index contributed by atoms with van der Waals surface area (Å²) in [5, 5.41) is 2.36. The van der Waals surface area contributed by atoms with Crippen molar-refractivity contribution in [3.8, 4) is 0 Å². The van der Waals surface area contributed by atoms with Crippen molar-refractivity contribution < 1.29 is 26.4 Å². The first-order valence-electron chi connectivity index (χ1n) is 7.78. The fourth-order valence-corrected chi connectivity index (χ4v) is 3.98. The molecule has 1 aliphatic rings. The lowest BCUT2D eigenvalue weighted by Gasteiger charge is -2.32. The van der Waals surface area contributed by atoms with Gasteiger partial charge in [0.1, 0.15) is 0 Å². The number of piperidine rings is 1. The Morgan fingerprint density at radius 1 is 1.35 bits per heavy atom. The van der Waals surface area contributed by atoms with E-state index >= 15 is 0 Å². The molecule has 0 unspecified atom stereocenters. The molecule has 146 valence electrons. The molecule has 0 saturated carbocycles. The van der Waals surface area contributed by atoms with Gasteiger partial charge in [0.25, 0.3) is 10.2 Å². The third-order valence-corrected chi connectivity index (χ3v) is 6.33. The molecule has 1 atom stereocenters. The molecule has 0 bridgehead atoms. The Morgan fingerprint density at radius 3 is 2.58 bits per heavy atom. The van der Waals surface area contributed by atoms with Crippen LogP contribution in [0.25, 0.3) is 0 Å². The summed E-state index contributed by atoms with van der Waals surface area (Å²) in [6, 6.07) is 2.64. The number of nitrogens with one attached hydrogen (secondary N) is 1. The van der Waals surface area contributed by atoms with Crippen molar-refractivity contribution >= 4 is 33.4 Å². The number of nitrogens with zero attached hydrogens (tertiary/aromatic N) is 2. The molecule has 1 aromatic rings. The Morgan fingerprint density at radius 2 is 2.00 bits per heavy atom. The van der Waals surface area contributed by atoms with Crippen LogP contribution in [0.2, 0.25) is 5.02 Å². The quantitative estimate of drug-likeness (QED) is 0.825. The second-order valence-corrected chi connectivity index (χ2v) is 8.72. The largest absolute Gasteiger partial charge is 0.416 e. The summed E-state index contributed by atoms with van der Waals surface area (Å²) in [6.07, 6.45) is -3.66. The smallest absolute Gasteiger partial charge is 0.324 e. The van der Waals surface area contributed by atoms with E-state index in [0.29, 0.717) is 12.8 Å². The standard InChI is InChI=1S/C15H19ClF3N3O3S/c1-21(2)26(24,25)22-7-3-4-10(9-22)14(23)20-13-8-11(15(17,18)19)5-6-12(13)16/h5-6,8,10H,3-4,7,9H2,1-2H3,(H,20,23)/t10-/m1/s1. The predicted octanol–water partition coefficient (Wildman–Crippen LogP) is 2.82. The Balaban J connectivity index is 2.15. The SMILES string of the molecule is CN(C)S(=O)(=O)N1CCC[C@@H](C(=O)Nc2cc(C(F)(F)F)ccc2Cl)C1. The zero-order valence-corrected chi connectivity index (χ0v) is 15.7. The maximum absolute atomic E-state index is 12.8. The summed E-state index contributed by atoms with van der Waals surface area (Å²) in [7, 11) is -0.881. The number of rotatable bonds is 4. The fourth-order valence-electron chi connectivity index (χ4n) is 2.63. The molecule has 1 N–H and O–H groups in total. The van der Waals surface area contributed by atoms with Crippen LogP contribution in [-0.4, -0.2) is 50.1 Å². The summed E-state index contributed by atoms with van der Waals surface area (Å²) in [5.41, 5.74) is -1.09. The number of carbonyl (C=O) groups is 1. The summed E-state index contributed by atoms with van der Waals surface area (Å²) >= 11 is 5.88. The minimum absolute atomic E-state index is 0.0278. The maximum Gasteiger partial charge on any atom is 0.416 e. The van der Waals surface area contributed by atoms with Gasteiger partial charge >= 0.3 is 6.18 Å². The van der Waals surface area contributed by atoms with Crippen molar-refractivity contribution in [2.45, 2.75) is 19.0 Å². The van der Waals surface area contributed by atoms with E-state index in [1.807, 2.05) is 0 Å². The highest BCUT2D eigenvalue weighted by Crippen LogP contribution is 2.34. The first-order valence-corrected chi connectivity index (χ1v) is 9.55. The fraction of sp³-hybridized carbons (Fsp3) is 0.533. The van der Waals surface area contributed by atoms with Crippen molar-refractivity contribution in [3.05, 3.63) is 28.8 Å². The van der Waals surface area contributed by atoms with Gasteiger partial charge in [-0.3, -0.25) is 4.79 Å². The number of amides is 1. The molecular formula is C15H19ClF3N3O3S. The molecule has 0 radical (unpaired) electrons. The zero-order chi connectivity index (χ0) is 19.7. The molecule has 2 rings (SSSR count). The van der Waals surface area contributed by atoms with Crippen LogP contribution in [0, 0.1) is 5.92 Å². The van der Waals surface area contributed by atoms with E-state index in [1.165, 1.54) is 18.4 Å². The average Bonchev–Trinajstić information content (AvgIpc) is 2.55. The monoisotopic (exact) mass is 413 g/mol. The maximum atomic E-state index is 12.8. The number of alkyl halides is 3.